The number of likely N-dealkylation sites (tertiary alicyclic amines) is 2. The average Bonchev–Trinajstić information content (AvgIpc) is 3.67. The second-order valence-electron chi connectivity index (χ2n) is 9.56. The zero-order valence-corrected chi connectivity index (χ0v) is 21.8. The molecule has 37 heavy (non-hydrogen) atoms. The lowest BCUT2D eigenvalue weighted by molar-refractivity contribution is -0.127. The van der Waals surface area contributed by atoms with Gasteiger partial charge in [-0.3, -0.25) is 14.4 Å². The van der Waals surface area contributed by atoms with Crippen LogP contribution in [0.25, 0.3) is 11.3 Å². The van der Waals surface area contributed by atoms with E-state index in [1.807, 2.05) is 40.1 Å². The van der Waals surface area contributed by atoms with E-state index in [1.165, 1.54) is 11.3 Å². The van der Waals surface area contributed by atoms with Gasteiger partial charge in [0, 0.05) is 56.0 Å². The van der Waals surface area contributed by atoms with Crippen LogP contribution in [0.4, 0.5) is 0 Å². The zero-order chi connectivity index (χ0) is 25.8. The summed E-state index contributed by atoms with van der Waals surface area (Å²) < 4.78 is 5.38. The molecule has 2 aliphatic rings. The highest BCUT2D eigenvalue weighted by Crippen LogP contribution is 2.32. The Morgan fingerprint density at radius 3 is 2.68 bits per heavy atom. The molecule has 3 amide bonds. The minimum Gasteiger partial charge on any atom is -0.360 e. The first-order valence-corrected chi connectivity index (χ1v) is 13.7. The molecule has 10 heteroatoms. The molecule has 2 fully saturated rings. The Bertz CT molecular complexity index is 1260. The quantitative estimate of drug-likeness (QED) is 0.451. The summed E-state index contributed by atoms with van der Waals surface area (Å²) in [6, 6.07) is 9.60. The van der Waals surface area contributed by atoms with Gasteiger partial charge >= 0.3 is 0 Å². The lowest BCUT2D eigenvalue weighted by Crippen LogP contribution is -2.38. The van der Waals surface area contributed by atoms with Crippen molar-refractivity contribution in [1.82, 2.24) is 25.3 Å². The number of aromatic nitrogens is 2. The van der Waals surface area contributed by atoms with Crippen LogP contribution in [0, 0.1) is 6.92 Å². The van der Waals surface area contributed by atoms with Gasteiger partial charge < -0.3 is 19.6 Å². The SMILES string of the molecule is Cc1onc(-c2ccccc2)c1C(=O)N1CCC(c2nc(C(=O)NCCCN3CCCC3=O)cs2)CC1. The number of nitrogens with one attached hydrogen (secondary N) is 1. The largest absolute Gasteiger partial charge is 0.360 e. The van der Waals surface area contributed by atoms with E-state index in [0.717, 1.165) is 42.8 Å². The van der Waals surface area contributed by atoms with E-state index in [0.29, 0.717) is 55.3 Å². The molecule has 2 aliphatic heterocycles. The fourth-order valence-corrected chi connectivity index (χ4v) is 5.96. The van der Waals surface area contributed by atoms with Crippen LogP contribution in [0.5, 0.6) is 0 Å². The Labute approximate surface area is 219 Å². The highest BCUT2D eigenvalue weighted by Gasteiger charge is 2.31. The Kier molecular flexibility index (Phi) is 7.64. The molecule has 5 rings (SSSR count). The number of rotatable bonds is 8. The van der Waals surface area contributed by atoms with Crippen molar-refractivity contribution >= 4 is 29.1 Å². The number of benzene rings is 1. The lowest BCUT2D eigenvalue weighted by Gasteiger charge is -2.31. The van der Waals surface area contributed by atoms with E-state index < -0.39 is 0 Å². The maximum atomic E-state index is 13.4. The van der Waals surface area contributed by atoms with Crippen LogP contribution < -0.4 is 5.32 Å². The van der Waals surface area contributed by atoms with E-state index in [1.54, 1.807) is 12.3 Å². The third-order valence-electron chi connectivity index (χ3n) is 7.07. The van der Waals surface area contributed by atoms with Gasteiger partial charge in [0.1, 0.15) is 22.7 Å². The van der Waals surface area contributed by atoms with E-state index in [4.69, 9.17) is 4.52 Å². The normalized spacial score (nSPS) is 16.4. The van der Waals surface area contributed by atoms with Crippen LogP contribution in [0.1, 0.15) is 69.6 Å². The first kappa shape index (κ1) is 25.1. The van der Waals surface area contributed by atoms with Crippen molar-refractivity contribution in [3.63, 3.8) is 0 Å². The van der Waals surface area contributed by atoms with Gasteiger partial charge in [-0.15, -0.1) is 11.3 Å². The van der Waals surface area contributed by atoms with Gasteiger partial charge in [-0.25, -0.2) is 4.98 Å². The fourth-order valence-electron chi connectivity index (χ4n) is 4.99. The summed E-state index contributed by atoms with van der Waals surface area (Å²) in [6.45, 7) is 5.01. The van der Waals surface area contributed by atoms with Gasteiger partial charge in [0.15, 0.2) is 0 Å². The van der Waals surface area contributed by atoms with Crippen molar-refractivity contribution in [3.8, 4) is 11.3 Å². The van der Waals surface area contributed by atoms with E-state index in [-0.39, 0.29) is 23.6 Å². The van der Waals surface area contributed by atoms with E-state index >= 15 is 0 Å². The lowest BCUT2D eigenvalue weighted by atomic mass is 9.96. The second kappa shape index (κ2) is 11.2. The minimum absolute atomic E-state index is 0.0640. The van der Waals surface area contributed by atoms with Crippen LogP contribution in [-0.4, -0.2) is 70.4 Å². The molecule has 0 unspecified atom stereocenters. The van der Waals surface area contributed by atoms with Gasteiger partial charge in [0.05, 0.1) is 5.01 Å². The number of thiazole rings is 1. The molecule has 0 bridgehead atoms. The van der Waals surface area contributed by atoms with E-state index in [2.05, 4.69) is 15.5 Å². The van der Waals surface area contributed by atoms with Crippen molar-refractivity contribution in [2.24, 2.45) is 0 Å². The molecule has 2 saturated heterocycles. The van der Waals surface area contributed by atoms with Crippen LogP contribution in [-0.2, 0) is 4.79 Å². The van der Waals surface area contributed by atoms with Crippen molar-refractivity contribution in [2.75, 3.05) is 32.7 Å². The topological polar surface area (TPSA) is 109 Å². The molecule has 3 aromatic rings. The predicted molar refractivity (Wildman–Crippen MR) is 139 cm³/mol. The average molecular weight is 522 g/mol. The Morgan fingerprint density at radius 2 is 1.95 bits per heavy atom. The minimum atomic E-state index is -0.181. The molecular weight excluding hydrogens is 490 g/mol. The number of hydrogen-bond donors (Lipinski definition) is 1. The molecule has 0 atom stereocenters. The first-order valence-electron chi connectivity index (χ1n) is 12.8. The van der Waals surface area contributed by atoms with Gasteiger partial charge in [-0.05, 0) is 32.6 Å². The van der Waals surface area contributed by atoms with Crippen molar-refractivity contribution in [3.05, 3.63) is 57.7 Å². The molecule has 9 nitrogen and oxygen atoms in total. The summed E-state index contributed by atoms with van der Waals surface area (Å²) in [5.41, 5.74) is 2.39. The summed E-state index contributed by atoms with van der Waals surface area (Å²) in [5.74, 6) is 0.698. The van der Waals surface area contributed by atoms with Crippen molar-refractivity contribution in [2.45, 2.75) is 44.9 Å². The molecule has 4 heterocycles. The summed E-state index contributed by atoms with van der Waals surface area (Å²) in [7, 11) is 0. The summed E-state index contributed by atoms with van der Waals surface area (Å²) >= 11 is 1.50. The summed E-state index contributed by atoms with van der Waals surface area (Å²) in [4.78, 5) is 45.9. The number of hydrogen-bond acceptors (Lipinski definition) is 7. The number of nitrogens with zero attached hydrogens (tertiary/aromatic N) is 4. The number of piperidine rings is 1. The molecule has 0 radical (unpaired) electrons. The zero-order valence-electron chi connectivity index (χ0n) is 20.9. The highest BCUT2D eigenvalue weighted by atomic mass is 32.1. The number of aryl methyl sites for hydroxylation is 1. The highest BCUT2D eigenvalue weighted by molar-refractivity contribution is 7.09. The number of amides is 3. The second-order valence-corrected chi connectivity index (χ2v) is 10.4. The Balaban J connectivity index is 1.13. The van der Waals surface area contributed by atoms with Crippen LogP contribution >= 0.6 is 11.3 Å². The third kappa shape index (κ3) is 5.58. The molecule has 0 saturated carbocycles. The Hall–Kier alpha value is -3.53. The maximum Gasteiger partial charge on any atom is 0.270 e. The summed E-state index contributed by atoms with van der Waals surface area (Å²) in [6.07, 6.45) is 3.87. The summed E-state index contributed by atoms with van der Waals surface area (Å²) in [5, 5.41) is 9.80. The van der Waals surface area contributed by atoms with Gasteiger partial charge in [-0.2, -0.15) is 0 Å². The number of carbonyl (C=O) groups is 3. The fraction of sp³-hybridized carbons (Fsp3) is 0.444. The monoisotopic (exact) mass is 521 g/mol. The third-order valence-corrected chi connectivity index (χ3v) is 8.08. The molecule has 194 valence electrons. The van der Waals surface area contributed by atoms with Crippen LogP contribution in [0.3, 0.4) is 0 Å². The van der Waals surface area contributed by atoms with Gasteiger partial charge in [0.2, 0.25) is 5.91 Å². The molecular formula is C27H31N5O4S. The smallest absolute Gasteiger partial charge is 0.270 e. The number of carbonyl (C=O) groups excluding carboxylic acids is 3. The van der Waals surface area contributed by atoms with Crippen LogP contribution in [0.2, 0.25) is 0 Å². The molecule has 2 aromatic heterocycles. The van der Waals surface area contributed by atoms with Crippen molar-refractivity contribution in [1.29, 1.82) is 0 Å². The van der Waals surface area contributed by atoms with Gasteiger partial charge in [-0.1, -0.05) is 35.5 Å². The predicted octanol–water partition coefficient (Wildman–Crippen LogP) is 3.87. The standard InChI is InChI=1S/C27H31N5O4S/c1-18-23(24(30-36-18)19-7-3-2-4-8-19)27(35)32-15-10-20(11-16-32)26-29-21(17-37-26)25(34)28-12-6-14-31-13-5-9-22(31)33/h2-4,7-8,17,20H,5-6,9-16H2,1H3,(H,28,34). The van der Waals surface area contributed by atoms with Gasteiger partial charge in [0.25, 0.3) is 11.8 Å². The molecule has 1 N–H and O–H groups in total. The van der Waals surface area contributed by atoms with Crippen molar-refractivity contribution < 1.29 is 18.9 Å². The molecule has 0 spiro atoms. The van der Waals surface area contributed by atoms with Crippen LogP contribution in [0.15, 0.2) is 40.2 Å². The Morgan fingerprint density at radius 1 is 1.16 bits per heavy atom. The molecule has 1 aromatic carbocycles. The van der Waals surface area contributed by atoms with E-state index in [9.17, 15) is 14.4 Å². The molecule has 0 aliphatic carbocycles. The first-order chi connectivity index (χ1) is 18.0. The maximum absolute atomic E-state index is 13.4.